The smallest absolute Gasteiger partial charge is 0.171 e. The van der Waals surface area contributed by atoms with E-state index in [0.29, 0.717) is 13.2 Å². The molecule has 0 aliphatic carbocycles. The monoisotopic (exact) mass is 523 g/mol. The van der Waals surface area contributed by atoms with Gasteiger partial charge in [0.15, 0.2) is 6.29 Å². The van der Waals surface area contributed by atoms with Gasteiger partial charge in [0.2, 0.25) is 0 Å². The Morgan fingerprint density at radius 2 is 2.05 bits per heavy atom. The first-order chi connectivity index (χ1) is 18.3. The molecule has 3 aliphatic rings. The van der Waals surface area contributed by atoms with Crippen LogP contribution >= 0.6 is 0 Å². The molecule has 208 valence electrons. The maximum absolute atomic E-state index is 10.5. The number of anilines is 1. The summed E-state index contributed by atoms with van der Waals surface area (Å²) in [5, 5.41) is 24.5. The molecular weight excluding hydrogens is 478 g/mol. The number of rotatable bonds is 10. The van der Waals surface area contributed by atoms with Crippen LogP contribution in [0.2, 0.25) is 0 Å². The van der Waals surface area contributed by atoms with Gasteiger partial charge in [-0.15, -0.1) is 0 Å². The zero-order valence-electron chi connectivity index (χ0n) is 23.3. The van der Waals surface area contributed by atoms with Crippen LogP contribution in [0, 0.1) is 6.92 Å². The van der Waals surface area contributed by atoms with Crippen LogP contribution in [0.3, 0.4) is 0 Å². The first-order valence-electron chi connectivity index (χ1n) is 14.5. The van der Waals surface area contributed by atoms with Gasteiger partial charge in [-0.2, -0.15) is 0 Å². The third-order valence-corrected chi connectivity index (χ3v) is 8.36. The fourth-order valence-electron chi connectivity index (χ4n) is 6.30. The van der Waals surface area contributed by atoms with E-state index in [4.69, 9.17) is 14.5 Å². The summed E-state index contributed by atoms with van der Waals surface area (Å²) in [7, 11) is 0. The second-order valence-electron chi connectivity index (χ2n) is 12.0. The van der Waals surface area contributed by atoms with Gasteiger partial charge in [0.25, 0.3) is 0 Å². The lowest BCUT2D eigenvalue weighted by atomic mass is 9.92. The molecule has 2 aromatic rings. The van der Waals surface area contributed by atoms with Crippen LogP contribution in [0.5, 0.6) is 0 Å². The van der Waals surface area contributed by atoms with Gasteiger partial charge in [0.1, 0.15) is 5.82 Å². The molecule has 0 spiro atoms. The molecule has 7 nitrogen and oxygen atoms in total. The van der Waals surface area contributed by atoms with Crippen LogP contribution in [0.25, 0.3) is 0 Å². The number of aryl methyl sites for hydroxylation is 3. The summed E-state index contributed by atoms with van der Waals surface area (Å²) in [5.41, 5.74) is 5.48. The third kappa shape index (κ3) is 6.57. The predicted octanol–water partition coefficient (Wildman–Crippen LogP) is 4.84. The van der Waals surface area contributed by atoms with E-state index in [2.05, 4.69) is 61.3 Å². The highest BCUT2D eigenvalue weighted by molar-refractivity contribution is 5.47. The van der Waals surface area contributed by atoms with Gasteiger partial charge in [-0.05, 0) is 94.9 Å². The molecule has 2 saturated heterocycles. The summed E-state index contributed by atoms with van der Waals surface area (Å²) >= 11 is 0. The molecule has 0 bridgehead atoms. The molecule has 1 unspecified atom stereocenters. The highest BCUT2D eigenvalue weighted by Gasteiger charge is 2.38. The van der Waals surface area contributed by atoms with Crippen molar-refractivity contribution in [2.75, 3.05) is 31.6 Å². The van der Waals surface area contributed by atoms with Gasteiger partial charge in [0.05, 0.1) is 23.9 Å². The number of pyridine rings is 1. The second kappa shape index (κ2) is 12.0. The van der Waals surface area contributed by atoms with Crippen molar-refractivity contribution in [3.8, 4) is 0 Å². The SMILES string of the molecule is Cc1ccc(C2CCC(C)(C)O2)c([C@@H](C(O)O)N2CC[C@@H](OCCCCc3ccc4c(n3)NCCC4)C2)c1. The zero-order chi connectivity index (χ0) is 26.7. The minimum atomic E-state index is -1.47. The number of benzene rings is 1. The van der Waals surface area contributed by atoms with Crippen molar-refractivity contribution >= 4 is 5.82 Å². The number of aliphatic hydroxyl groups excluding tert-OH is 1. The van der Waals surface area contributed by atoms with Crippen LogP contribution in [-0.4, -0.2) is 64.3 Å². The van der Waals surface area contributed by atoms with Crippen molar-refractivity contribution in [1.82, 2.24) is 9.88 Å². The Kier molecular flexibility index (Phi) is 8.70. The summed E-state index contributed by atoms with van der Waals surface area (Å²) < 4.78 is 12.6. The predicted molar refractivity (Wildman–Crippen MR) is 149 cm³/mol. The summed E-state index contributed by atoms with van der Waals surface area (Å²) in [4.78, 5) is 6.98. The minimum Gasteiger partial charge on any atom is -0.377 e. The van der Waals surface area contributed by atoms with Crippen molar-refractivity contribution < 1.29 is 19.7 Å². The van der Waals surface area contributed by atoms with Crippen molar-refractivity contribution in [1.29, 1.82) is 0 Å². The average molecular weight is 524 g/mol. The van der Waals surface area contributed by atoms with E-state index in [0.717, 1.165) is 86.2 Å². The van der Waals surface area contributed by atoms with Crippen LogP contribution < -0.4 is 5.32 Å². The molecule has 3 N–H and O–H groups in total. The fraction of sp³-hybridized carbons (Fsp3) is 0.645. The Morgan fingerprint density at radius 1 is 1.18 bits per heavy atom. The molecule has 1 aromatic heterocycles. The van der Waals surface area contributed by atoms with Gasteiger partial charge in [0, 0.05) is 31.9 Å². The number of hydrogen-bond acceptors (Lipinski definition) is 7. The van der Waals surface area contributed by atoms with Gasteiger partial charge in [-0.3, -0.25) is 4.90 Å². The Morgan fingerprint density at radius 3 is 2.84 bits per heavy atom. The molecule has 3 aliphatic heterocycles. The number of aromatic nitrogens is 1. The van der Waals surface area contributed by atoms with Crippen LogP contribution in [0.4, 0.5) is 5.82 Å². The van der Waals surface area contributed by atoms with Crippen molar-refractivity contribution in [3.05, 3.63) is 58.3 Å². The molecule has 7 heteroatoms. The van der Waals surface area contributed by atoms with E-state index in [1.165, 1.54) is 12.0 Å². The lowest BCUT2D eigenvalue weighted by molar-refractivity contribution is -0.101. The molecule has 0 amide bonds. The molecular formula is C31H45N3O4. The normalized spacial score (nSPS) is 23.9. The Balaban J connectivity index is 1.14. The Hall–Kier alpha value is -2.03. The zero-order valence-corrected chi connectivity index (χ0v) is 23.3. The summed E-state index contributed by atoms with van der Waals surface area (Å²) in [6.07, 6.45) is 6.76. The minimum absolute atomic E-state index is 0.0168. The summed E-state index contributed by atoms with van der Waals surface area (Å²) in [5.74, 6) is 1.07. The molecule has 0 saturated carbocycles. The molecule has 0 radical (unpaired) electrons. The van der Waals surface area contributed by atoms with Gasteiger partial charge in [-0.1, -0.05) is 29.8 Å². The average Bonchev–Trinajstić information content (AvgIpc) is 3.49. The molecule has 2 fully saturated rings. The van der Waals surface area contributed by atoms with E-state index in [1.54, 1.807) is 0 Å². The highest BCUT2D eigenvalue weighted by Crippen LogP contribution is 2.43. The molecule has 38 heavy (non-hydrogen) atoms. The Bertz CT molecular complexity index is 1090. The lowest BCUT2D eigenvalue weighted by Gasteiger charge is -2.32. The lowest BCUT2D eigenvalue weighted by Crippen LogP contribution is -2.37. The van der Waals surface area contributed by atoms with Gasteiger partial charge >= 0.3 is 0 Å². The number of nitrogens with one attached hydrogen (secondary N) is 1. The maximum Gasteiger partial charge on any atom is 0.171 e. The Labute approximate surface area is 227 Å². The van der Waals surface area contributed by atoms with Crippen LogP contribution in [0.15, 0.2) is 30.3 Å². The van der Waals surface area contributed by atoms with Gasteiger partial charge in [-0.25, -0.2) is 4.98 Å². The number of fused-ring (bicyclic) bond motifs is 1. The molecule has 5 rings (SSSR count). The molecule has 1 aromatic carbocycles. The van der Waals surface area contributed by atoms with Crippen molar-refractivity contribution in [3.63, 3.8) is 0 Å². The van der Waals surface area contributed by atoms with Crippen molar-refractivity contribution in [2.24, 2.45) is 0 Å². The number of hydrogen-bond donors (Lipinski definition) is 3. The second-order valence-corrected chi connectivity index (χ2v) is 12.0. The number of aliphatic hydroxyl groups is 2. The molecule has 3 atom stereocenters. The van der Waals surface area contributed by atoms with E-state index in [-0.39, 0.29) is 17.8 Å². The summed E-state index contributed by atoms with van der Waals surface area (Å²) in [6.45, 7) is 9.52. The van der Waals surface area contributed by atoms with Crippen LogP contribution in [0.1, 0.15) is 92.5 Å². The first kappa shape index (κ1) is 27.5. The fourth-order valence-corrected chi connectivity index (χ4v) is 6.30. The van der Waals surface area contributed by atoms with E-state index < -0.39 is 12.3 Å². The highest BCUT2D eigenvalue weighted by atomic mass is 16.5. The number of ether oxygens (including phenoxy) is 2. The third-order valence-electron chi connectivity index (χ3n) is 8.36. The van der Waals surface area contributed by atoms with E-state index >= 15 is 0 Å². The van der Waals surface area contributed by atoms with Crippen LogP contribution in [-0.2, 0) is 22.3 Å². The summed E-state index contributed by atoms with van der Waals surface area (Å²) in [6, 6.07) is 10.2. The maximum atomic E-state index is 10.5. The number of nitrogens with zero attached hydrogens (tertiary/aromatic N) is 2. The van der Waals surface area contributed by atoms with E-state index in [1.807, 2.05) is 0 Å². The number of unbranched alkanes of at least 4 members (excludes halogenated alkanes) is 1. The van der Waals surface area contributed by atoms with Crippen molar-refractivity contribution in [2.45, 2.75) is 102 Å². The van der Waals surface area contributed by atoms with Gasteiger partial charge < -0.3 is 25.0 Å². The standard InChI is InChI=1S/C31H45N3O4/c1-21-9-12-25(27-13-15-31(2,3)38-27)26(19-21)28(30(35)36)34-17-14-24(20-34)37-18-5-4-8-23-11-10-22-7-6-16-32-29(22)33-23/h9-12,19,24,27-28,30,35-36H,4-8,13-18,20H2,1-3H3,(H,32,33)/t24-,27?,28+/m1/s1. The quantitative estimate of drug-likeness (QED) is 0.303. The van der Waals surface area contributed by atoms with E-state index in [9.17, 15) is 10.2 Å². The largest absolute Gasteiger partial charge is 0.377 e. The first-order valence-corrected chi connectivity index (χ1v) is 14.5. The topological polar surface area (TPSA) is 87.1 Å². The molecule has 4 heterocycles. The number of likely N-dealkylation sites (tertiary alicyclic amines) is 1.